The standard InChI is InChI=1S/C10H11NO3S.2C2H6/c1-13-9(12)7-5-3-4-6-8(7)11-10(15)14-2;2*1-2/h3-6H,1-2H3,(H,11,15);2*1-2H3. The van der Waals surface area contributed by atoms with Crippen LogP contribution in [0.4, 0.5) is 5.69 Å². The quantitative estimate of drug-likeness (QED) is 0.660. The molecule has 0 aliphatic heterocycles. The van der Waals surface area contributed by atoms with Crippen LogP contribution >= 0.6 is 12.2 Å². The summed E-state index contributed by atoms with van der Waals surface area (Å²) in [7, 11) is 2.78. The maximum atomic E-state index is 11.4. The van der Waals surface area contributed by atoms with Crippen molar-refractivity contribution in [3.05, 3.63) is 29.8 Å². The van der Waals surface area contributed by atoms with Crippen molar-refractivity contribution in [3.63, 3.8) is 0 Å². The topological polar surface area (TPSA) is 47.6 Å². The minimum Gasteiger partial charge on any atom is -0.474 e. The Kier molecular flexibility index (Phi) is 13.3. The molecule has 0 atom stereocenters. The molecule has 19 heavy (non-hydrogen) atoms. The van der Waals surface area contributed by atoms with Crippen molar-refractivity contribution < 1.29 is 14.3 Å². The van der Waals surface area contributed by atoms with Crippen molar-refractivity contribution >= 4 is 29.0 Å². The molecule has 0 saturated carbocycles. The molecule has 0 radical (unpaired) electrons. The van der Waals surface area contributed by atoms with Crippen molar-refractivity contribution in [3.8, 4) is 0 Å². The van der Waals surface area contributed by atoms with Gasteiger partial charge in [-0.1, -0.05) is 39.8 Å². The van der Waals surface area contributed by atoms with Crippen LogP contribution in [0, 0.1) is 0 Å². The third-order valence-electron chi connectivity index (χ3n) is 1.75. The van der Waals surface area contributed by atoms with Gasteiger partial charge in [0.25, 0.3) is 5.17 Å². The van der Waals surface area contributed by atoms with E-state index in [9.17, 15) is 4.79 Å². The molecule has 0 saturated heterocycles. The molecule has 0 unspecified atom stereocenters. The van der Waals surface area contributed by atoms with E-state index in [1.54, 1.807) is 24.3 Å². The zero-order chi connectivity index (χ0) is 15.3. The van der Waals surface area contributed by atoms with Crippen LogP contribution in [0.15, 0.2) is 24.3 Å². The summed E-state index contributed by atoms with van der Waals surface area (Å²) in [5, 5.41) is 2.98. The first kappa shape index (κ1) is 19.7. The van der Waals surface area contributed by atoms with Crippen molar-refractivity contribution in [2.75, 3.05) is 19.5 Å². The van der Waals surface area contributed by atoms with Gasteiger partial charge in [0.05, 0.1) is 25.5 Å². The number of para-hydroxylation sites is 1. The average Bonchev–Trinajstić information content (AvgIpc) is 2.51. The van der Waals surface area contributed by atoms with E-state index >= 15 is 0 Å². The van der Waals surface area contributed by atoms with Crippen LogP contribution < -0.4 is 5.32 Å². The van der Waals surface area contributed by atoms with Crippen LogP contribution in [0.25, 0.3) is 0 Å². The molecular formula is C14H23NO3S. The Morgan fingerprint density at radius 3 is 2.05 bits per heavy atom. The van der Waals surface area contributed by atoms with Gasteiger partial charge in [0.1, 0.15) is 0 Å². The van der Waals surface area contributed by atoms with Crippen molar-refractivity contribution in [2.24, 2.45) is 0 Å². The van der Waals surface area contributed by atoms with Gasteiger partial charge in [-0.2, -0.15) is 0 Å². The van der Waals surface area contributed by atoms with E-state index in [4.69, 9.17) is 17.0 Å². The number of hydrogen-bond acceptors (Lipinski definition) is 4. The first-order chi connectivity index (χ1) is 9.19. The molecule has 1 aromatic carbocycles. The molecule has 108 valence electrons. The summed E-state index contributed by atoms with van der Waals surface area (Å²) in [6.07, 6.45) is 0. The molecule has 0 amide bonds. The fourth-order valence-corrected chi connectivity index (χ4v) is 1.15. The van der Waals surface area contributed by atoms with E-state index in [1.807, 2.05) is 27.7 Å². The third-order valence-corrected chi connectivity index (χ3v) is 2.02. The molecule has 1 rings (SSSR count). The fourth-order valence-electron chi connectivity index (χ4n) is 1.04. The minimum absolute atomic E-state index is 0.200. The van der Waals surface area contributed by atoms with Crippen molar-refractivity contribution in [1.29, 1.82) is 0 Å². The van der Waals surface area contributed by atoms with Crippen LogP contribution in [-0.4, -0.2) is 25.4 Å². The van der Waals surface area contributed by atoms with Crippen LogP contribution in [0.5, 0.6) is 0 Å². The fraction of sp³-hybridized carbons (Fsp3) is 0.429. The lowest BCUT2D eigenvalue weighted by Gasteiger charge is -2.09. The number of hydrogen-bond donors (Lipinski definition) is 1. The second-order valence-corrected chi connectivity index (χ2v) is 3.02. The predicted octanol–water partition coefficient (Wildman–Crippen LogP) is 3.87. The number of rotatable bonds is 2. The van der Waals surface area contributed by atoms with Gasteiger partial charge in [0.2, 0.25) is 0 Å². The van der Waals surface area contributed by atoms with E-state index < -0.39 is 5.97 Å². The van der Waals surface area contributed by atoms with Gasteiger partial charge in [0, 0.05) is 0 Å². The van der Waals surface area contributed by atoms with Gasteiger partial charge >= 0.3 is 5.97 Å². The molecule has 1 N–H and O–H groups in total. The molecule has 0 aromatic heterocycles. The van der Waals surface area contributed by atoms with Gasteiger partial charge < -0.3 is 14.8 Å². The van der Waals surface area contributed by atoms with E-state index in [1.165, 1.54) is 14.2 Å². The van der Waals surface area contributed by atoms with E-state index in [0.29, 0.717) is 11.3 Å². The van der Waals surface area contributed by atoms with Crippen LogP contribution in [0.1, 0.15) is 38.1 Å². The minimum atomic E-state index is -0.419. The summed E-state index contributed by atoms with van der Waals surface area (Å²) < 4.78 is 9.42. The van der Waals surface area contributed by atoms with Crippen molar-refractivity contribution in [1.82, 2.24) is 0 Å². The molecule has 0 bridgehead atoms. The molecule has 0 aliphatic carbocycles. The monoisotopic (exact) mass is 285 g/mol. The molecule has 0 spiro atoms. The number of carbonyl (C=O) groups excluding carboxylic acids is 1. The zero-order valence-corrected chi connectivity index (χ0v) is 13.3. The maximum Gasteiger partial charge on any atom is 0.339 e. The third kappa shape index (κ3) is 7.41. The molecule has 0 aliphatic rings. The second-order valence-electron chi connectivity index (χ2n) is 2.65. The second kappa shape index (κ2) is 12.8. The van der Waals surface area contributed by atoms with Crippen molar-refractivity contribution in [2.45, 2.75) is 27.7 Å². The summed E-state index contributed by atoms with van der Waals surface area (Å²) in [5.41, 5.74) is 0.982. The largest absolute Gasteiger partial charge is 0.474 e. The van der Waals surface area contributed by atoms with Crippen LogP contribution in [0.2, 0.25) is 0 Å². The summed E-state index contributed by atoms with van der Waals surface area (Å²) in [4.78, 5) is 11.4. The smallest absolute Gasteiger partial charge is 0.339 e. The van der Waals surface area contributed by atoms with Gasteiger partial charge in [-0.3, -0.25) is 0 Å². The number of esters is 1. The van der Waals surface area contributed by atoms with Crippen LogP contribution in [0.3, 0.4) is 0 Å². The first-order valence-electron chi connectivity index (χ1n) is 6.21. The van der Waals surface area contributed by atoms with E-state index in [2.05, 4.69) is 10.1 Å². The number of carbonyl (C=O) groups is 1. The Morgan fingerprint density at radius 1 is 1.05 bits per heavy atom. The summed E-state index contributed by atoms with van der Waals surface area (Å²) in [5.74, 6) is -0.419. The highest BCUT2D eigenvalue weighted by Crippen LogP contribution is 2.15. The SMILES string of the molecule is CC.CC.COC(=O)c1ccccc1NC(=S)OC. The highest BCUT2D eigenvalue weighted by atomic mass is 32.1. The Bertz CT molecular complexity index is 381. The molecular weight excluding hydrogens is 262 g/mol. The normalized spacial score (nSPS) is 7.89. The van der Waals surface area contributed by atoms with E-state index in [-0.39, 0.29) is 5.17 Å². The molecule has 0 heterocycles. The number of benzene rings is 1. The molecule has 0 fully saturated rings. The predicted molar refractivity (Wildman–Crippen MR) is 83.7 cm³/mol. The summed E-state index contributed by atoms with van der Waals surface area (Å²) in [6.45, 7) is 8.00. The van der Waals surface area contributed by atoms with Gasteiger partial charge in [0.15, 0.2) is 0 Å². The highest BCUT2D eigenvalue weighted by Gasteiger charge is 2.11. The lowest BCUT2D eigenvalue weighted by molar-refractivity contribution is 0.0602. The molecule has 1 aromatic rings. The van der Waals surface area contributed by atoms with Gasteiger partial charge in [-0.05, 0) is 24.4 Å². The number of methoxy groups -OCH3 is 2. The Hall–Kier alpha value is -1.62. The maximum absolute atomic E-state index is 11.4. The van der Waals surface area contributed by atoms with Gasteiger partial charge in [-0.15, -0.1) is 0 Å². The molecule has 4 nitrogen and oxygen atoms in total. The average molecular weight is 285 g/mol. The van der Waals surface area contributed by atoms with Gasteiger partial charge in [-0.25, -0.2) is 4.79 Å². The number of nitrogens with one attached hydrogen (secondary N) is 1. The Balaban J connectivity index is 0. The summed E-state index contributed by atoms with van der Waals surface area (Å²) in [6, 6.07) is 6.89. The number of ether oxygens (including phenoxy) is 2. The first-order valence-corrected chi connectivity index (χ1v) is 6.62. The lowest BCUT2D eigenvalue weighted by atomic mass is 10.2. The number of thiocarbonyl (C=S) groups is 1. The van der Waals surface area contributed by atoms with Crippen LogP contribution in [-0.2, 0) is 9.47 Å². The zero-order valence-electron chi connectivity index (χ0n) is 12.4. The number of anilines is 1. The Labute approximate surface area is 121 Å². The highest BCUT2D eigenvalue weighted by molar-refractivity contribution is 7.80. The lowest BCUT2D eigenvalue weighted by Crippen LogP contribution is -2.14. The Morgan fingerprint density at radius 2 is 1.58 bits per heavy atom. The molecule has 5 heteroatoms. The van der Waals surface area contributed by atoms with E-state index in [0.717, 1.165) is 0 Å². The summed E-state index contributed by atoms with van der Waals surface area (Å²) >= 11 is 4.83.